The van der Waals surface area contributed by atoms with Crippen molar-refractivity contribution in [2.24, 2.45) is 0 Å². The number of halogens is 2. The molecule has 0 radical (unpaired) electrons. The second-order valence-electron chi connectivity index (χ2n) is 4.96. The van der Waals surface area contributed by atoms with Crippen molar-refractivity contribution in [2.75, 3.05) is 0 Å². The highest BCUT2D eigenvalue weighted by Gasteiger charge is 2.14. The molecule has 0 aliphatic carbocycles. The molecular formula is C18H13BrINO. The van der Waals surface area contributed by atoms with Gasteiger partial charge in [-0.15, -0.1) is 0 Å². The monoisotopic (exact) mass is 465 g/mol. The van der Waals surface area contributed by atoms with Crippen molar-refractivity contribution in [1.82, 2.24) is 4.57 Å². The number of carbonyl (C=O) groups is 1. The van der Waals surface area contributed by atoms with E-state index in [2.05, 4.69) is 55.2 Å². The number of hydrogen-bond acceptors (Lipinski definition) is 1. The van der Waals surface area contributed by atoms with Gasteiger partial charge in [0.05, 0.1) is 13.7 Å². The van der Waals surface area contributed by atoms with E-state index in [1.807, 2.05) is 48.7 Å². The summed E-state index contributed by atoms with van der Waals surface area (Å²) in [5, 5.41) is 0.984. The molecule has 22 heavy (non-hydrogen) atoms. The standard InChI is InChI=1S/C18H13BrINO/c1-12(22)15-11-21(16-10-6-5-9-14(15)16)18(20)17(19)13-7-3-2-4-8-13/h2-11H,1H3/b18-17-. The number of Topliss-reactive ketones (excluding diaryl/α,β-unsaturated/α-hetero) is 1. The van der Waals surface area contributed by atoms with Crippen LogP contribution in [0.5, 0.6) is 0 Å². The molecule has 0 saturated heterocycles. The molecule has 0 aliphatic rings. The van der Waals surface area contributed by atoms with Crippen molar-refractivity contribution in [3.8, 4) is 0 Å². The SMILES string of the molecule is CC(=O)c1cn(/C(I)=C(\Br)c2ccccc2)c2ccccc12. The molecule has 1 aromatic heterocycles. The third-order valence-electron chi connectivity index (χ3n) is 3.51. The van der Waals surface area contributed by atoms with E-state index in [4.69, 9.17) is 0 Å². The molecule has 0 bridgehead atoms. The third-order valence-corrected chi connectivity index (χ3v) is 6.14. The van der Waals surface area contributed by atoms with Gasteiger partial charge >= 0.3 is 0 Å². The van der Waals surface area contributed by atoms with Gasteiger partial charge in [-0.05, 0) is 57.1 Å². The number of carbonyl (C=O) groups excluding carboxylic acids is 1. The topological polar surface area (TPSA) is 22.0 Å². The minimum absolute atomic E-state index is 0.0787. The second-order valence-corrected chi connectivity index (χ2v) is 6.77. The maximum absolute atomic E-state index is 11.9. The molecule has 4 heteroatoms. The fourth-order valence-electron chi connectivity index (χ4n) is 2.43. The first-order valence-electron chi connectivity index (χ1n) is 6.81. The van der Waals surface area contributed by atoms with Crippen LogP contribution in [0.15, 0.2) is 60.8 Å². The summed E-state index contributed by atoms with van der Waals surface area (Å²) in [6.45, 7) is 1.61. The summed E-state index contributed by atoms with van der Waals surface area (Å²) in [6.07, 6.45) is 1.92. The van der Waals surface area contributed by atoms with Crippen molar-refractivity contribution in [2.45, 2.75) is 6.92 Å². The zero-order valence-corrected chi connectivity index (χ0v) is 15.6. The Bertz CT molecular complexity index is 880. The summed E-state index contributed by atoms with van der Waals surface area (Å²) < 4.78 is 4.08. The number of para-hydroxylation sites is 1. The second kappa shape index (κ2) is 6.38. The Hall–Kier alpha value is -1.40. The number of benzene rings is 2. The Morgan fingerprint density at radius 2 is 1.68 bits per heavy atom. The molecule has 0 aliphatic heterocycles. The van der Waals surface area contributed by atoms with Crippen LogP contribution in [0.2, 0.25) is 0 Å². The smallest absolute Gasteiger partial charge is 0.161 e. The van der Waals surface area contributed by atoms with Gasteiger partial charge in [0, 0.05) is 17.1 Å². The van der Waals surface area contributed by atoms with Crippen LogP contribution in [0.1, 0.15) is 22.8 Å². The van der Waals surface area contributed by atoms with Gasteiger partial charge in [-0.1, -0.05) is 48.5 Å². The van der Waals surface area contributed by atoms with E-state index >= 15 is 0 Å². The molecule has 0 fully saturated rings. The third kappa shape index (κ3) is 2.77. The van der Waals surface area contributed by atoms with Crippen molar-refractivity contribution in [1.29, 1.82) is 0 Å². The normalized spacial score (nSPS) is 12.3. The van der Waals surface area contributed by atoms with Crippen molar-refractivity contribution < 1.29 is 4.79 Å². The van der Waals surface area contributed by atoms with Gasteiger partial charge in [0.25, 0.3) is 0 Å². The first-order valence-corrected chi connectivity index (χ1v) is 8.69. The molecule has 0 amide bonds. The number of hydrogen-bond donors (Lipinski definition) is 0. The minimum Gasteiger partial charge on any atom is -0.310 e. The summed E-state index contributed by atoms with van der Waals surface area (Å²) in [6, 6.07) is 18.1. The van der Waals surface area contributed by atoms with Crippen LogP contribution in [0.3, 0.4) is 0 Å². The Morgan fingerprint density at radius 1 is 1.05 bits per heavy atom. The molecule has 1 heterocycles. The highest BCUT2D eigenvalue weighted by molar-refractivity contribution is 14.1. The van der Waals surface area contributed by atoms with E-state index in [0.29, 0.717) is 0 Å². The highest BCUT2D eigenvalue weighted by atomic mass is 127. The Kier molecular flexibility index (Phi) is 4.49. The maximum Gasteiger partial charge on any atom is 0.161 e. The molecule has 0 spiro atoms. The lowest BCUT2D eigenvalue weighted by atomic mass is 10.1. The average Bonchev–Trinajstić information content (AvgIpc) is 2.94. The Balaban J connectivity index is 2.24. The lowest BCUT2D eigenvalue weighted by Crippen LogP contribution is -1.92. The fourth-order valence-corrected chi connectivity index (χ4v) is 3.60. The zero-order valence-electron chi connectivity index (χ0n) is 11.9. The summed E-state index contributed by atoms with van der Waals surface area (Å²) in [7, 11) is 0. The van der Waals surface area contributed by atoms with E-state index in [0.717, 1.165) is 30.2 Å². The van der Waals surface area contributed by atoms with E-state index in [9.17, 15) is 4.79 Å². The van der Waals surface area contributed by atoms with E-state index in [1.54, 1.807) is 6.92 Å². The molecule has 3 aromatic rings. The molecule has 2 aromatic carbocycles. The van der Waals surface area contributed by atoms with Crippen molar-refractivity contribution >= 4 is 63.4 Å². The molecule has 3 rings (SSSR count). The molecule has 0 atom stereocenters. The van der Waals surface area contributed by atoms with Crippen LogP contribution in [0, 0.1) is 0 Å². The van der Waals surface area contributed by atoms with Crippen LogP contribution in [0.4, 0.5) is 0 Å². The van der Waals surface area contributed by atoms with Crippen LogP contribution in [-0.2, 0) is 0 Å². The van der Waals surface area contributed by atoms with E-state index in [1.165, 1.54) is 0 Å². The summed E-state index contributed by atoms with van der Waals surface area (Å²) in [5.41, 5.74) is 2.89. The number of fused-ring (bicyclic) bond motifs is 1. The molecular weight excluding hydrogens is 453 g/mol. The highest BCUT2D eigenvalue weighted by Crippen LogP contribution is 2.35. The zero-order chi connectivity index (χ0) is 15.7. The predicted molar refractivity (Wildman–Crippen MR) is 104 cm³/mol. The van der Waals surface area contributed by atoms with Crippen LogP contribution >= 0.6 is 38.5 Å². The maximum atomic E-state index is 11.9. The Morgan fingerprint density at radius 3 is 2.36 bits per heavy atom. The molecule has 2 nitrogen and oxygen atoms in total. The predicted octanol–water partition coefficient (Wildman–Crippen LogP) is 5.96. The first-order chi connectivity index (χ1) is 10.6. The summed E-state index contributed by atoms with van der Waals surface area (Å²) in [4.78, 5) is 11.9. The van der Waals surface area contributed by atoms with Gasteiger partial charge in [-0.25, -0.2) is 0 Å². The van der Waals surface area contributed by atoms with E-state index in [-0.39, 0.29) is 5.78 Å². The quantitative estimate of drug-likeness (QED) is 0.345. The number of rotatable bonds is 3. The fraction of sp³-hybridized carbons (Fsp3) is 0.0556. The van der Waals surface area contributed by atoms with Crippen LogP contribution in [0.25, 0.3) is 19.1 Å². The lowest BCUT2D eigenvalue weighted by molar-refractivity contribution is 0.101. The van der Waals surface area contributed by atoms with Crippen LogP contribution < -0.4 is 0 Å². The molecule has 0 unspecified atom stereocenters. The van der Waals surface area contributed by atoms with Crippen LogP contribution in [-0.4, -0.2) is 10.4 Å². The van der Waals surface area contributed by atoms with Gasteiger partial charge in [0.2, 0.25) is 0 Å². The van der Waals surface area contributed by atoms with E-state index < -0.39 is 0 Å². The van der Waals surface area contributed by atoms with Crippen molar-refractivity contribution in [3.05, 3.63) is 71.9 Å². The molecule has 0 saturated carbocycles. The summed E-state index contributed by atoms with van der Waals surface area (Å²) >= 11 is 5.99. The van der Waals surface area contributed by atoms with Gasteiger partial charge in [0.15, 0.2) is 5.78 Å². The van der Waals surface area contributed by atoms with Gasteiger partial charge in [0.1, 0.15) is 0 Å². The van der Waals surface area contributed by atoms with Gasteiger partial charge in [-0.2, -0.15) is 0 Å². The molecule has 110 valence electrons. The number of nitrogens with zero attached hydrogens (tertiary/aromatic N) is 1. The average molecular weight is 466 g/mol. The minimum atomic E-state index is 0.0787. The number of ketones is 1. The first kappa shape index (κ1) is 15.5. The lowest BCUT2D eigenvalue weighted by Gasteiger charge is -2.08. The Labute approximate surface area is 151 Å². The van der Waals surface area contributed by atoms with Gasteiger partial charge < -0.3 is 4.57 Å². The largest absolute Gasteiger partial charge is 0.310 e. The van der Waals surface area contributed by atoms with Crippen molar-refractivity contribution in [3.63, 3.8) is 0 Å². The number of aromatic nitrogens is 1. The van der Waals surface area contributed by atoms with Gasteiger partial charge in [-0.3, -0.25) is 4.79 Å². The summed E-state index contributed by atoms with van der Waals surface area (Å²) in [5.74, 6) is 0.0787. The molecule has 0 N–H and O–H groups in total.